The topological polar surface area (TPSA) is 65.2 Å². The number of nitrogen functional groups attached to an aromatic ring is 1. The number of halogens is 1. The second-order valence-electron chi connectivity index (χ2n) is 4.32. The Hall–Kier alpha value is -2.07. The average molecular weight is 293 g/mol. The van der Waals surface area contributed by atoms with Crippen LogP contribution in [0.2, 0.25) is 5.02 Å². The number of hydrogen-bond donors (Lipinski definition) is 1. The summed E-state index contributed by atoms with van der Waals surface area (Å²) < 4.78 is 4.64. The zero-order valence-corrected chi connectivity index (χ0v) is 12.5. The van der Waals surface area contributed by atoms with Gasteiger partial charge < -0.3 is 10.5 Å². The maximum absolute atomic E-state index is 11.6. The van der Waals surface area contributed by atoms with E-state index in [4.69, 9.17) is 17.3 Å². The van der Waals surface area contributed by atoms with Crippen molar-refractivity contribution >= 4 is 28.8 Å². The van der Waals surface area contributed by atoms with Gasteiger partial charge in [0.2, 0.25) is 0 Å². The molecular formula is C15H17ClN2O2. The van der Waals surface area contributed by atoms with E-state index in [1.54, 1.807) is 12.1 Å². The van der Waals surface area contributed by atoms with E-state index in [-0.39, 0.29) is 16.4 Å². The van der Waals surface area contributed by atoms with E-state index in [1.807, 2.05) is 26.0 Å². The first-order valence-corrected chi connectivity index (χ1v) is 6.30. The Bertz CT molecular complexity index is 600. The van der Waals surface area contributed by atoms with Gasteiger partial charge in [0, 0.05) is 0 Å². The predicted molar refractivity (Wildman–Crippen MR) is 82.6 cm³/mol. The Kier molecular flexibility index (Phi) is 5.53. The molecule has 0 amide bonds. The molecule has 1 aromatic rings. The summed E-state index contributed by atoms with van der Waals surface area (Å²) in [7, 11) is 1.26. The van der Waals surface area contributed by atoms with E-state index in [0.717, 1.165) is 11.1 Å². The molecule has 0 aliphatic heterocycles. The molecule has 106 valence electrons. The lowest BCUT2D eigenvalue weighted by atomic mass is 10.1. The van der Waals surface area contributed by atoms with Crippen molar-refractivity contribution in [2.75, 3.05) is 12.8 Å². The number of hydrogen-bond acceptors (Lipinski definition) is 4. The van der Waals surface area contributed by atoms with Gasteiger partial charge in [0.1, 0.15) is 0 Å². The maximum Gasteiger partial charge on any atom is 0.358 e. The third-order valence-corrected chi connectivity index (χ3v) is 2.87. The predicted octanol–water partition coefficient (Wildman–Crippen LogP) is 3.64. The summed E-state index contributed by atoms with van der Waals surface area (Å²) in [5.74, 6) is -0.630. The molecule has 2 N–H and O–H groups in total. The van der Waals surface area contributed by atoms with Gasteiger partial charge in [-0.25, -0.2) is 9.78 Å². The fourth-order valence-corrected chi connectivity index (χ4v) is 1.62. The van der Waals surface area contributed by atoms with Crippen molar-refractivity contribution in [2.45, 2.75) is 13.8 Å². The summed E-state index contributed by atoms with van der Waals surface area (Å²) in [6.45, 7) is 7.68. The van der Waals surface area contributed by atoms with Crippen LogP contribution in [0.3, 0.4) is 0 Å². The molecular weight excluding hydrogens is 276 g/mol. The standard InChI is InChI=1S/C15H17ClN2O2/c1-5-10(7-6-9(2)3)12-8-11(17)13(16)14(18-12)15(19)20-4/h5-8H,1H2,2-4H3,(H2,17,18)/b10-7+. The summed E-state index contributed by atoms with van der Waals surface area (Å²) >= 11 is 5.97. The minimum atomic E-state index is -0.630. The van der Waals surface area contributed by atoms with Gasteiger partial charge in [0.15, 0.2) is 5.69 Å². The van der Waals surface area contributed by atoms with Crippen LogP contribution in [0.25, 0.3) is 5.57 Å². The summed E-state index contributed by atoms with van der Waals surface area (Å²) in [4.78, 5) is 15.8. The Balaban J connectivity index is 3.42. The van der Waals surface area contributed by atoms with Crippen LogP contribution in [0, 0.1) is 0 Å². The van der Waals surface area contributed by atoms with Crippen LogP contribution < -0.4 is 5.73 Å². The number of rotatable bonds is 4. The number of carbonyl (C=O) groups excluding carboxylic acids is 1. The number of allylic oxidation sites excluding steroid dienone is 5. The molecule has 5 heteroatoms. The summed E-state index contributed by atoms with van der Waals surface area (Å²) in [5.41, 5.74) is 8.44. The fourth-order valence-electron chi connectivity index (χ4n) is 1.44. The molecule has 0 aliphatic rings. The molecule has 0 saturated heterocycles. The molecule has 0 unspecified atom stereocenters. The first-order chi connectivity index (χ1) is 9.40. The van der Waals surface area contributed by atoms with E-state index >= 15 is 0 Å². The van der Waals surface area contributed by atoms with Gasteiger partial charge in [-0.3, -0.25) is 0 Å². The number of esters is 1. The molecule has 0 radical (unpaired) electrons. The molecule has 0 spiro atoms. The van der Waals surface area contributed by atoms with Crippen molar-refractivity contribution in [3.63, 3.8) is 0 Å². The van der Waals surface area contributed by atoms with Gasteiger partial charge in [-0.15, -0.1) is 0 Å². The third-order valence-electron chi connectivity index (χ3n) is 2.48. The van der Waals surface area contributed by atoms with Crippen LogP contribution in [-0.4, -0.2) is 18.1 Å². The number of nitrogens with two attached hydrogens (primary N) is 1. The smallest absolute Gasteiger partial charge is 0.358 e. The maximum atomic E-state index is 11.6. The molecule has 0 aromatic carbocycles. The number of methoxy groups -OCH3 is 1. The van der Waals surface area contributed by atoms with Crippen LogP contribution in [0.1, 0.15) is 30.0 Å². The zero-order chi connectivity index (χ0) is 15.3. The lowest BCUT2D eigenvalue weighted by Crippen LogP contribution is -2.08. The lowest BCUT2D eigenvalue weighted by Gasteiger charge is -2.08. The molecule has 20 heavy (non-hydrogen) atoms. The second kappa shape index (κ2) is 6.91. The van der Waals surface area contributed by atoms with Gasteiger partial charge in [0.25, 0.3) is 0 Å². The molecule has 4 nitrogen and oxygen atoms in total. The number of anilines is 1. The van der Waals surface area contributed by atoms with Crippen molar-refractivity contribution in [3.8, 4) is 0 Å². The van der Waals surface area contributed by atoms with Gasteiger partial charge in [-0.05, 0) is 25.5 Å². The van der Waals surface area contributed by atoms with Crippen molar-refractivity contribution in [1.82, 2.24) is 4.98 Å². The molecule has 0 atom stereocenters. The van der Waals surface area contributed by atoms with E-state index < -0.39 is 5.97 Å². The normalized spacial score (nSPS) is 10.9. The van der Waals surface area contributed by atoms with Crippen molar-refractivity contribution in [3.05, 3.63) is 52.9 Å². The molecule has 0 saturated carbocycles. The highest BCUT2D eigenvalue weighted by Gasteiger charge is 2.17. The van der Waals surface area contributed by atoms with Gasteiger partial charge in [-0.1, -0.05) is 42.0 Å². The third kappa shape index (κ3) is 3.71. The van der Waals surface area contributed by atoms with E-state index in [2.05, 4.69) is 16.3 Å². The minimum absolute atomic E-state index is 0.00545. The molecule has 0 aliphatic carbocycles. The Morgan fingerprint density at radius 1 is 1.45 bits per heavy atom. The molecule has 1 rings (SSSR count). The van der Waals surface area contributed by atoms with Crippen LogP contribution >= 0.6 is 11.6 Å². The number of nitrogens with zero attached hydrogens (tertiary/aromatic N) is 1. The average Bonchev–Trinajstić information content (AvgIpc) is 2.41. The largest absolute Gasteiger partial charge is 0.464 e. The number of pyridine rings is 1. The van der Waals surface area contributed by atoms with Crippen molar-refractivity contribution in [2.24, 2.45) is 0 Å². The van der Waals surface area contributed by atoms with Crippen molar-refractivity contribution < 1.29 is 9.53 Å². The van der Waals surface area contributed by atoms with Gasteiger partial charge in [-0.2, -0.15) is 0 Å². The summed E-state index contributed by atoms with van der Waals surface area (Å²) in [6.07, 6.45) is 5.40. The SMILES string of the molecule is C=C/C(=C\C=C(C)C)c1cc(N)c(Cl)c(C(=O)OC)n1. The highest BCUT2D eigenvalue weighted by Crippen LogP contribution is 2.27. The van der Waals surface area contributed by atoms with Gasteiger partial charge >= 0.3 is 5.97 Å². The highest BCUT2D eigenvalue weighted by atomic mass is 35.5. The van der Waals surface area contributed by atoms with Crippen molar-refractivity contribution in [1.29, 1.82) is 0 Å². The first kappa shape index (κ1) is 16.0. The Morgan fingerprint density at radius 2 is 2.10 bits per heavy atom. The van der Waals surface area contributed by atoms with Crippen LogP contribution in [0.5, 0.6) is 0 Å². The fraction of sp³-hybridized carbons (Fsp3) is 0.200. The Morgan fingerprint density at radius 3 is 2.60 bits per heavy atom. The zero-order valence-electron chi connectivity index (χ0n) is 11.7. The molecule has 1 aromatic heterocycles. The molecule has 0 bridgehead atoms. The summed E-state index contributed by atoms with van der Waals surface area (Å²) in [6, 6.07) is 1.60. The summed E-state index contributed by atoms with van der Waals surface area (Å²) in [5, 5.41) is 0.0891. The molecule has 1 heterocycles. The van der Waals surface area contributed by atoms with Crippen LogP contribution in [0.4, 0.5) is 5.69 Å². The molecule has 0 fully saturated rings. The quantitative estimate of drug-likeness (QED) is 0.679. The number of ether oxygens (including phenoxy) is 1. The number of carbonyl (C=O) groups is 1. The minimum Gasteiger partial charge on any atom is -0.464 e. The lowest BCUT2D eigenvalue weighted by molar-refractivity contribution is 0.0594. The van der Waals surface area contributed by atoms with E-state index in [0.29, 0.717) is 5.69 Å². The van der Waals surface area contributed by atoms with E-state index in [1.165, 1.54) is 7.11 Å². The van der Waals surface area contributed by atoms with Gasteiger partial charge in [0.05, 0.1) is 23.5 Å². The monoisotopic (exact) mass is 292 g/mol. The Labute approximate surface area is 123 Å². The second-order valence-corrected chi connectivity index (χ2v) is 4.70. The first-order valence-electron chi connectivity index (χ1n) is 5.93. The highest BCUT2D eigenvalue weighted by molar-refractivity contribution is 6.35. The van der Waals surface area contributed by atoms with E-state index in [9.17, 15) is 4.79 Å². The van der Waals surface area contributed by atoms with Crippen LogP contribution in [0.15, 0.2) is 36.4 Å². The number of aromatic nitrogens is 1. The van der Waals surface area contributed by atoms with Crippen LogP contribution in [-0.2, 0) is 4.74 Å².